The zero-order chi connectivity index (χ0) is 16.5. The van der Waals surface area contributed by atoms with E-state index in [-0.39, 0.29) is 5.84 Å². The van der Waals surface area contributed by atoms with Crippen LogP contribution < -0.4 is 5.73 Å². The molecule has 0 aliphatic carbocycles. The van der Waals surface area contributed by atoms with Crippen LogP contribution in [0.5, 0.6) is 0 Å². The molecule has 0 unspecified atom stereocenters. The van der Waals surface area contributed by atoms with Crippen molar-refractivity contribution in [1.82, 2.24) is 4.57 Å². The second kappa shape index (κ2) is 5.85. The number of aryl methyl sites for hydroxylation is 2. The van der Waals surface area contributed by atoms with Gasteiger partial charge in [0, 0.05) is 33.9 Å². The van der Waals surface area contributed by atoms with Crippen molar-refractivity contribution in [2.45, 2.75) is 13.0 Å². The summed E-state index contributed by atoms with van der Waals surface area (Å²) in [4.78, 5) is 0. The number of fused-ring (bicyclic) bond motifs is 3. The standard InChI is InChI=1S/C21H19N3/c22-21(23)16-10-11-20-18(14-16)17-8-4-5-9-19(17)24(20)13-12-15-6-2-1-3-7-15/h1-11,14H,12-13H2,(H3,22,23). The van der Waals surface area contributed by atoms with Crippen molar-refractivity contribution in [2.24, 2.45) is 5.73 Å². The Balaban J connectivity index is 1.85. The van der Waals surface area contributed by atoms with Gasteiger partial charge in [-0.1, -0.05) is 48.5 Å². The van der Waals surface area contributed by atoms with E-state index in [9.17, 15) is 0 Å². The van der Waals surface area contributed by atoms with Crippen molar-refractivity contribution in [3.8, 4) is 0 Å². The zero-order valence-corrected chi connectivity index (χ0v) is 13.4. The van der Waals surface area contributed by atoms with Crippen molar-refractivity contribution in [3.05, 3.63) is 83.9 Å². The number of aromatic nitrogens is 1. The molecule has 0 fully saturated rings. The van der Waals surface area contributed by atoms with Gasteiger partial charge in [-0.25, -0.2) is 0 Å². The summed E-state index contributed by atoms with van der Waals surface area (Å²) in [5.74, 6) is 0.109. The van der Waals surface area contributed by atoms with Crippen molar-refractivity contribution >= 4 is 27.6 Å². The van der Waals surface area contributed by atoms with Gasteiger partial charge >= 0.3 is 0 Å². The second-order valence-electron chi connectivity index (χ2n) is 6.05. The first-order chi connectivity index (χ1) is 11.7. The quantitative estimate of drug-likeness (QED) is 0.428. The van der Waals surface area contributed by atoms with Crippen molar-refractivity contribution in [2.75, 3.05) is 0 Å². The summed E-state index contributed by atoms with van der Waals surface area (Å²) in [5, 5.41) is 10.1. The van der Waals surface area contributed by atoms with E-state index in [1.165, 1.54) is 22.0 Å². The highest BCUT2D eigenvalue weighted by molar-refractivity contribution is 6.10. The maximum Gasteiger partial charge on any atom is 0.122 e. The minimum absolute atomic E-state index is 0.109. The van der Waals surface area contributed by atoms with E-state index in [0.717, 1.165) is 23.9 Å². The largest absolute Gasteiger partial charge is 0.384 e. The van der Waals surface area contributed by atoms with Gasteiger partial charge in [-0.15, -0.1) is 0 Å². The van der Waals surface area contributed by atoms with Gasteiger partial charge in [0.15, 0.2) is 0 Å². The Labute approximate surface area is 140 Å². The van der Waals surface area contributed by atoms with Gasteiger partial charge in [-0.3, -0.25) is 5.41 Å². The highest BCUT2D eigenvalue weighted by atomic mass is 15.0. The van der Waals surface area contributed by atoms with Crippen LogP contribution >= 0.6 is 0 Å². The topological polar surface area (TPSA) is 54.8 Å². The Morgan fingerprint density at radius 2 is 1.54 bits per heavy atom. The number of nitrogens with one attached hydrogen (secondary N) is 1. The van der Waals surface area contributed by atoms with Crippen molar-refractivity contribution in [1.29, 1.82) is 5.41 Å². The van der Waals surface area contributed by atoms with Crippen LogP contribution in [0.4, 0.5) is 0 Å². The van der Waals surface area contributed by atoms with Crippen LogP contribution in [-0.2, 0) is 13.0 Å². The average molecular weight is 313 g/mol. The Bertz CT molecular complexity index is 1030. The molecule has 0 radical (unpaired) electrons. The Morgan fingerprint density at radius 3 is 2.33 bits per heavy atom. The average Bonchev–Trinajstić information content (AvgIpc) is 2.94. The van der Waals surface area contributed by atoms with Crippen molar-refractivity contribution in [3.63, 3.8) is 0 Å². The first-order valence-electron chi connectivity index (χ1n) is 8.13. The third kappa shape index (κ3) is 2.44. The predicted molar refractivity (Wildman–Crippen MR) is 101 cm³/mol. The summed E-state index contributed by atoms with van der Waals surface area (Å²) in [7, 11) is 0. The van der Waals surface area contributed by atoms with Crippen LogP contribution in [-0.4, -0.2) is 10.4 Å². The van der Waals surface area contributed by atoms with Gasteiger partial charge in [-0.2, -0.15) is 0 Å². The molecule has 0 atom stereocenters. The van der Waals surface area contributed by atoms with E-state index in [0.29, 0.717) is 0 Å². The van der Waals surface area contributed by atoms with Gasteiger partial charge in [0.05, 0.1) is 0 Å². The molecular weight excluding hydrogens is 294 g/mol. The van der Waals surface area contributed by atoms with Crippen LogP contribution in [0.25, 0.3) is 21.8 Å². The smallest absolute Gasteiger partial charge is 0.122 e. The summed E-state index contributed by atoms with van der Waals surface area (Å²) < 4.78 is 2.36. The van der Waals surface area contributed by atoms with Crippen LogP contribution in [0.2, 0.25) is 0 Å². The van der Waals surface area contributed by atoms with Gasteiger partial charge in [0.1, 0.15) is 5.84 Å². The monoisotopic (exact) mass is 313 g/mol. The first kappa shape index (κ1) is 14.5. The maximum atomic E-state index is 7.69. The molecule has 24 heavy (non-hydrogen) atoms. The van der Waals surface area contributed by atoms with E-state index in [1.54, 1.807) is 0 Å². The van der Waals surface area contributed by atoms with Crippen molar-refractivity contribution < 1.29 is 0 Å². The molecule has 0 bridgehead atoms. The number of hydrogen-bond acceptors (Lipinski definition) is 1. The predicted octanol–water partition coefficient (Wildman–Crippen LogP) is 4.32. The summed E-state index contributed by atoms with van der Waals surface area (Å²) in [6.07, 6.45) is 0.989. The van der Waals surface area contributed by atoms with Crippen LogP contribution in [0.15, 0.2) is 72.8 Å². The molecule has 4 aromatic rings. The summed E-state index contributed by atoms with van der Waals surface area (Å²) in [5.41, 5.74) is 10.2. The number of amidine groups is 1. The van der Waals surface area contributed by atoms with E-state index in [4.69, 9.17) is 11.1 Å². The van der Waals surface area contributed by atoms with Crippen LogP contribution in [0, 0.1) is 5.41 Å². The van der Waals surface area contributed by atoms with E-state index in [1.807, 2.05) is 18.2 Å². The molecule has 4 rings (SSSR count). The third-order valence-electron chi connectivity index (χ3n) is 4.55. The molecule has 0 spiro atoms. The number of hydrogen-bond donors (Lipinski definition) is 2. The molecule has 1 aromatic heterocycles. The zero-order valence-electron chi connectivity index (χ0n) is 13.4. The van der Waals surface area contributed by atoms with Crippen LogP contribution in [0.1, 0.15) is 11.1 Å². The number of nitrogens with zero attached hydrogens (tertiary/aromatic N) is 1. The normalized spacial score (nSPS) is 11.2. The van der Waals surface area contributed by atoms with Gasteiger partial charge < -0.3 is 10.3 Å². The second-order valence-corrected chi connectivity index (χ2v) is 6.05. The lowest BCUT2D eigenvalue weighted by atomic mass is 10.1. The number of benzene rings is 3. The molecule has 0 amide bonds. The van der Waals surface area contributed by atoms with E-state index >= 15 is 0 Å². The fourth-order valence-corrected chi connectivity index (χ4v) is 3.35. The maximum absolute atomic E-state index is 7.69. The van der Waals surface area contributed by atoms with E-state index < -0.39 is 0 Å². The lowest BCUT2D eigenvalue weighted by Crippen LogP contribution is -2.10. The highest BCUT2D eigenvalue weighted by Crippen LogP contribution is 2.30. The summed E-state index contributed by atoms with van der Waals surface area (Å²) >= 11 is 0. The molecule has 3 aromatic carbocycles. The molecule has 1 heterocycles. The van der Waals surface area contributed by atoms with Crippen LogP contribution in [0.3, 0.4) is 0 Å². The summed E-state index contributed by atoms with van der Waals surface area (Å²) in [6, 6.07) is 25.0. The molecule has 0 aliphatic heterocycles. The third-order valence-corrected chi connectivity index (χ3v) is 4.55. The van der Waals surface area contributed by atoms with E-state index in [2.05, 4.69) is 59.2 Å². The van der Waals surface area contributed by atoms with Gasteiger partial charge in [0.2, 0.25) is 0 Å². The molecule has 3 nitrogen and oxygen atoms in total. The molecular formula is C21H19N3. The Morgan fingerprint density at radius 1 is 0.833 bits per heavy atom. The summed E-state index contributed by atoms with van der Waals surface area (Å²) in [6.45, 7) is 0.924. The van der Waals surface area contributed by atoms with Gasteiger partial charge in [0.25, 0.3) is 0 Å². The molecule has 0 saturated heterocycles. The molecule has 0 aliphatic rings. The van der Waals surface area contributed by atoms with Gasteiger partial charge in [-0.05, 0) is 36.2 Å². The molecule has 3 N–H and O–H groups in total. The molecule has 118 valence electrons. The minimum Gasteiger partial charge on any atom is -0.384 e. The Hall–Kier alpha value is -3.07. The molecule has 3 heteroatoms. The number of para-hydroxylation sites is 1. The lowest BCUT2D eigenvalue weighted by molar-refractivity contribution is 0.745. The number of nitrogens with two attached hydrogens (primary N) is 1. The molecule has 0 saturated carbocycles. The number of rotatable bonds is 4. The lowest BCUT2D eigenvalue weighted by Gasteiger charge is -2.08. The number of nitrogen functional groups attached to an aromatic ring is 1. The highest BCUT2D eigenvalue weighted by Gasteiger charge is 2.11. The fourth-order valence-electron chi connectivity index (χ4n) is 3.35. The fraction of sp³-hybridized carbons (Fsp3) is 0.0952. The first-order valence-corrected chi connectivity index (χ1v) is 8.13. The minimum atomic E-state index is 0.109. The Kier molecular flexibility index (Phi) is 3.54. The SMILES string of the molecule is N=C(N)c1ccc2c(c1)c1ccccc1n2CCc1ccccc1.